The topological polar surface area (TPSA) is 43.4 Å². The molecule has 1 aromatic carbocycles. The number of ketones is 1. The summed E-state index contributed by atoms with van der Waals surface area (Å²) in [5.74, 6) is -0.145. The molecule has 1 fully saturated rings. The number of esters is 1. The predicted octanol–water partition coefficient (Wildman–Crippen LogP) is 3.77. The van der Waals surface area contributed by atoms with E-state index in [0.717, 1.165) is 25.7 Å². The largest absolute Gasteiger partial charge is 0.450 e. The molecule has 0 amide bonds. The first-order chi connectivity index (χ1) is 9.72. The molecule has 0 aliphatic heterocycles. The van der Waals surface area contributed by atoms with E-state index in [4.69, 9.17) is 4.74 Å². The molecule has 0 bridgehead atoms. The van der Waals surface area contributed by atoms with Crippen molar-refractivity contribution in [3.05, 3.63) is 35.9 Å². The van der Waals surface area contributed by atoms with Gasteiger partial charge in [0.05, 0.1) is 5.56 Å². The molecule has 1 atom stereocenters. The fourth-order valence-electron chi connectivity index (χ4n) is 2.82. The second-order valence-electron chi connectivity index (χ2n) is 5.41. The standard InChI is InChI=1S/C17H22O3/c1-2-15(18)16(13-9-5-3-6-10-13)20-17(19)14-11-7-4-8-12-14/h4,7-8,11-13,16H,2-3,5-6,9-10H2,1H3/t16-/m0/s1. The van der Waals surface area contributed by atoms with Gasteiger partial charge in [-0.05, 0) is 25.0 Å². The maximum absolute atomic E-state index is 12.1. The minimum Gasteiger partial charge on any atom is -0.450 e. The molecular weight excluding hydrogens is 252 g/mol. The normalized spacial score (nSPS) is 17.4. The highest BCUT2D eigenvalue weighted by Crippen LogP contribution is 2.29. The summed E-state index contributed by atoms with van der Waals surface area (Å²) in [5.41, 5.74) is 0.511. The quantitative estimate of drug-likeness (QED) is 0.768. The summed E-state index contributed by atoms with van der Waals surface area (Å²) in [7, 11) is 0. The molecule has 1 aromatic rings. The number of ether oxygens (including phenoxy) is 1. The van der Waals surface area contributed by atoms with E-state index < -0.39 is 6.10 Å². The van der Waals surface area contributed by atoms with Gasteiger partial charge in [0, 0.05) is 12.3 Å². The average molecular weight is 274 g/mol. The number of benzene rings is 1. The van der Waals surface area contributed by atoms with E-state index >= 15 is 0 Å². The van der Waals surface area contributed by atoms with Gasteiger partial charge in [-0.2, -0.15) is 0 Å². The molecule has 0 unspecified atom stereocenters. The van der Waals surface area contributed by atoms with Crippen LogP contribution < -0.4 is 0 Å². The molecule has 2 rings (SSSR count). The minimum atomic E-state index is -0.562. The van der Waals surface area contributed by atoms with E-state index in [9.17, 15) is 9.59 Å². The van der Waals surface area contributed by atoms with Crippen molar-refractivity contribution in [2.75, 3.05) is 0 Å². The Bertz CT molecular complexity index is 447. The first-order valence-corrected chi connectivity index (χ1v) is 7.51. The molecule has 0 spiro atoms. The van der Waals surface area contributed by atoms with E-state index in [1.807, 2.05) is 13.0 Å². The van der Waals surface area contributed by atoms with Crippen LogP contribution >= 0.6 is 0 Å². The molecule has 3 nitrogen and oxygen atoms in total. The average Bonchev–Trinajstić information content (AvgIpc) is 2.53. The van der Waals surface area contributed by atoms with Crippen molar-refractivity contribution in [1.29, 1.82) is 0 Å². The lowest BCUT2D eigenvalue weighted by Crippen LogP contribution is -2.35. The Hall–Kier alpha value is -1.64. The second-order valence-corrected chi connectivity index (χ2v) is 5.41. The molecule has 108 valence electrons. The zero-order valence-electron chi connectivity index (χ0n) is 12.0. The Balaban J connectivity index is 2.07. The molecule has 1 saturated carbocycles. The highest BCUT2D eigenvalue weighted by molar-refractivity contribution is 5.92. The van der Waals surface area contributed by atoms with Crippen LogP contribution in [-0.2, 0) is 9.53 Å². The number of hydrogen-bond donors (Lipinski definition) is 0. The third kappa shape index (κ3) is 3.69. The Labute approximate surface area is 120 Å². The van der Waals surface area contributed by atoms with Crippen LogP contribution in [-0.4, -0.2) is 17.9 Å². The Morgan fingerprint density at radius 3 is 2.40 bits per heavy atom. The van der Waals surface area contributed by atoms with Crippen LogP contribution in [0.3, 0.4) is 0 Å². The van der Waals surface area contributed by atoms with Crippen molar-refractivity contribution in [2.24, 2.45) is 5.92 Å². The van der Waals surface area contributed by atoms with Crippen molar-refractivity contribution in [2.45, 2.75) is 51.6 Å². The van der Waals surface area contributed by atoms with Gasteiger partial charge in [0.1, 0.15) is 0 Å². The third-order valence-electron chi connectivity index (χ3n) is 3.99. The van der Waals surface area contributed by atoms with Crippen molar-refractivity contribution in [3.8, 4) is 0 Å². The van der Waals surface area contributed by atoms with E-state index in [-0.39, 0.29) is 17.7 Å². The molecule has 0 N–H and O–H groups in total. The summed E-state index contributed by atoms with van der Waals surface area (Å²) in [6, 6.07) is 8.89. The van der Waals surface area contributed by atoms with E-state index in [0.29, 0.717) is 12.0 Å². The Morgan fingerprint density at radius 2 is 1.80 bits per heavy atom. The van der Waals surface area contributed by atoms with Crippen LogP contribution in [0.25, 0.3) is 0 Å². The highest BCUT2D eigenvalue weighted by Gasteiger charge is 2.31. The van der Waals surface area contributed by atoms with Gasteiger partial charge in [-0.25, -0.2) is 4.79 Å². The molecule has 0 aromatic heterocycles. The smallest absolute Gasteiger partial charge is 0.338 e. The summed E-state index contributed by atoms with van der Waals surface area (Å²) < 4.78 is 5.54. The molecular formula is C17H22O3. The SMILES string of the molecule is CCC(=O)[C@@H](OC(=O)c1ccccc1)C1CCCCC1. The minimum absolute atomic E-state index is 0.0428. The van der Waals surface area contributed by atoms with Gasteiger partial charge in [-0.1, -0.05) is 44.4 Å². The van der Waals surface area contributed by atoms with E-state index in [1.165, 1.54) is 6.42 Å². The monoisotopic (exact) mass is 274 g/mol. The summed E-state index contributed by atoms with van der Waals surface area (Å²) in [6.07, 6.45) is 5.30. The predicted molar refractivity (Wildman–Crippen MR) is 77.5 cm³/mol. The molecule has 0 radical (unpaired) electrons. The lowest BCUT2D eigenvalue weighted by molar-refractivity contribution is -0.131. The second kappa shape index (κ2) is 7.22. The first kappa shape index (κ1) is 14.8. The molecule has 3 heteroatoms. The van der Waals surface area contributed by atoms with Crippen LogP contribution in [0, 0.1) is 5.92 Å². The zero-order valence-corrected chi connectivity index (χ0v) is 12.0. The number of carbonyl (C=O) groups excluding carboxylic acids is 2. The van der Waals surface area contributed by atoms with Crippen molar-refractivity contribution >= 4 is 11.8 Å². The number of hydrogen-bond acceptors (Lipinski definition) is 3. The lowest BCUT2D eigenvalue weighted by Gasteiger charge is -2.28. The van der Waals surface area contributed by atoms with Gasteiger partial charge in [0.25, 0.3) is 0 Å². The fraction of sp³-hybridized carbons (Fsp3) is 0.529. The summed E-state index contributed by atoms with van der Waals surface area (Å²) >= 11 is 0. The molecule has 1 aliphatic rings. The van der Waals surface area contributed by atoms with Crippen molar-refractivity contribution in [3.63, 3.8) is 0 Å². The summed E-state index contributed by atoms with van der Waals surface area (Å²) in [6.45, 7) is 1.83. The van der Waals surface area contributed by atoms with Crippen LogP contribution in [0.15, 0.2) is 30.3 Å². The van der Waals surface area contributed by atoms with Gasteiger partial charge in [-0.15, -0.1) is 0 Å². The summed E-state index contributed by atoms with van der Waals surface area (Å²) in [4.78, 5) is 24.2. The summed E-state index contributed by atoms with van der Waals surface area (Å²) in [5, 5.41) is 0. The van der Waals surface area contributed by atoms with Gasteiger partial charge in [0.15, 0.2) is 11.9 Å². The Morgan fingerprint density at radius 1 is 1.15 bits per heavy atom. The van der Waals surface area contributed by atoms with Gasteiger partial charge in [0.2, 0.25) is 0 Å². The number of Topliss-reactive ketones (excluding diaryl/α,β-unsaturated/α-hetero) is 1. The molecule has 0 saturated heterocycles. The van der Waals surface area contributed by atoms with Crippen molar-refractivity contribution in [1.82, 2.24) is 0 Å². The van der Waals surface area contributed by atoms with Gasteiger partial charge < -0.3 is 4.74 Å². The van der Waals surface area contributed by atoms with E-state index in [2.05, 4.69) is 0 Å². The third-order valence-corrected chi connectivity index (χ3v) is 3.99. The highest BCUT2D eigenvalue weighted by atomic mass is 16.5. The van der Waals surface area contributed by atoms with Crippen LogP contribution in [0.2, 0.25) is 0 Å². The van der Waals surface area contributed by atoms with Crippen LogP contribution in [0.4, 0.5) is 0 Å². The van der Waals surface area contributed by atoms with Gasteiger partial charge >= 0.3 is 5.97 Å². The van der Waals surface area contributed by atoms with Gasteiger partial charge in [-0.3, -0.25) is 4.79 Å². The molecule has 0 heterocycles. The lowest BCUT2D eigenvalue weighted by atomic mass is 9.83. The maximum Gasteiger partial charge on any atom is 0.338 e. The van der Waals surface area contributed by atoms with Crippen LogP contribution in [0.5, 0.6) is 0 Å². The number of rotatable bonds is 5. The molecule has 1 aliphatic carbocycles. The van der Waals surface area contributed by atoms with Crippen LogP contribution in [0.1, 0.15) is 55.8 Å². The zero-order chi connectivity index (χ0) is 14.4. The Kier molecular flexibility index (Phi) is 5.33. The first-order valence-electron chi connectivity index (χ1n) is 7.51. The number of carbonyl (C=O) groups is 2. The van der Waals surface area contributed by atoms with E-state index in [1.54, 1.807) is 24.3 Å². The fourth-order valence-corrected chi connectivity index (χ4v) is 2.82. The molecule has 20 heavy (non-hydrogen) atoms. The van der Waals surface area contributed by atoms with Crippen molar-refractivity contribution < 1.29 is 14.3 Å². The maximum atomic E-state index is 12.1.